The molecule has 0 N–H and O–H groups in total. The van der Waals surface area contributed by atoms with Crippen molar-refractivity contribution in [2.45, 2.75) is 0 Å². The number of hydrogen-bond acceptors (Lipinski definition) is 4. The molecule has 6 heteroatoms. The average Bonchev–Trinajstić information content (AvgIpc) is 4.03. The minimum Gasteiger partial charge on any atom is -0.294 e. The molecule has 7 aromatic carbocycles. The van der Waals surface area contributed by atoms with Crippen molar-refractivity contribution >= 4 is 107 Å². The molecule has 0 unspecified atom stereocenters. The molecule has 0 aliphatic heterocycles. The molecule has 6 heterocycles. The minimum absolute atomic E-state index is 0.888. The lowest BCUT2D eigenvalue weighted by molar-refractivity contribution is 1.08. The van der Waals surface area contributed by atoms with Crippen LogP contribution in [0.1, 0.15) is 0 Å². The average molecular weight is 775 g/mol. The molecule has 0 aliphatic rings. The van der Waals surface area contributed by atoms with Gasteiger partial charge in [-0.05, 0) is 72.8 Å². The van der Waals surface area contributed by atoms with Gasteiger partial charge in [0.1, 0.15) is 11.6 Å². The molecular weight excluding hydrogens is 745 g/mol. The Labute approximate surface area is 340 Å². The Bertz CT molecular complexity index is 3820. The van der Waals surface area contributed by atoms with Crippen LogP contribution in [0, 0.1) is 0 Å². The summed E-state index contributed by atoms with van der Waals surface area (Å²) in [4.78, 5) is 10.8. The number of thiophene rings is 2. The Morgan fingerprint density at radius 1 is 0.328 bits per heavy atom. The number of benzene rings is 7. The molecule has 0 amide bonds. The molecule has 0 atom stereocenters. The van der Waals surface area contributed by atoms with Crippen LogP contribution in [0.25, 0.3) is 118 Å². The summed E-state index contributed by atoms with van der Waals surface area (Å²) in [5.74, 6) is 1.78. The first-order chi connectivity index (χ1) is 28.7. The van der Waals surface area contributed by atoms with E-state index in [1.54, 1.807) is 0 Å². The summed E-state index contributed by atoms with van der Waals surface area (Å²) in [6.45, 7) is 0. The first-order valence-electron chi connectivity index (χ1n) is 19.5. The predicted octanol–water partition coefficient (Wildman–Crippen LogP) is 14.7. The first-order valence-corrected chi connectivity index (χ1v) is 21.1. The number of aromatic nitrogens is 4. The van der Waals surface area contributed by atoms with Crippen LogP contribution < -0.4 is 0 Å². The van der Waals surface area contributed by atoms with Gasteiger partial charge in [-0.2, -0.15) is 0 Å². The third-order valence-corrected chi connectivity index (χ3v) is 14.0. The normalized spacial score (nSPS) is 12.1. The fourth-order valence-electron chi connectivity index (χ4n) is 9.18. The zero-order valence-corrected chi connectivity index (χ0v) is 32.6. The Kier molecular flexibility index (Phi) is 6.73. The maximum atomic E-state index is 5.44. The number of hydrogen-bond donors (Lipinski definition) is 0. The first kappa shape index (κ1) is 32.0. The van der Waals surface area contributed by atoms with Gasteiger partial charge in [-0.3, -0.25) is 9.13 Å². The molecule has 0 bridgehead atoms. The summed E-state index contributed by atoms with van der Waals surface area (Å²) in [5.41, 5.74) is 8.61. The van der Waals surface area contributed by atoms with E-state index in [2.05, 4.69) is 191 Å². The van der Waals surface area contributed by atoms with Gasteiger partial charge < -0.3 is 0 Å². The van der Waals surface area contributed by atoms with Gasteiger partial charge >= 0.3 is 0 Å². The highest BCUT2D eigenvalue weighted by Crippen LogP contribution is 2.43. The quantitative estimate of drug-likeness (QED) is 0.178. The Morgan fingerprint density at radius 2 is 0.862 bits per heavy atom. The van der Waals surface area contributed by atoms with Crippen molar-refractivity contribution in [3.8, 4) is 34.2 Å². The zero-order chi connectivity index (χ0) is 37.9. The Balaban J connectivity index is 1.03. The van der Waals surface area contributed by atoms with E-state index in [1.165, 1.54) is 61.9 Å². The topological polar surface area (TPSA) is 35.6 Å². The third kappa shape index (κ3) is 4.61. The Hall–Kier alpha value is -7.12. The van der Waals surface area contributed by atoms with Crippen LogP contribution in [0.15, 0.2) is 182 Å². The largest absolute Gasteiger partial charge is 0.294 e. The Morgan fingerprint density at radius 3 is 1.62 bits per heavy atom. The highest BCUT2D eigenvalue weighted by atomic mass is 32.1. The van der Waals surface area contributed by atoms with E-state index in [4.69, 9.17) is 9.97 Å². The van der Waals surface area contributed by atoms with Crippen molar-refractivity contribution < 1.29 is 0 Å². The molecule has 0 radical (unpaired) electrons. The van der Waals surface area contributed by atoms with Crippen molar-refractivity contribution in [3.63, 3.8) is 0 Å². The van der Waals surface area contributed by atoms with E-state index in [0.717, 1.165) is 56.2 Å². The van der Waals surface area contributed by atoms with Gasteiger partial charge in [0, 0.05) is 73.0 Å². The summed E-state index contributed by atoms with van der Waals surface area (Å²) < 4.78 is 9.88. The monoisotopic (exact) mass is 774 g/mol. The fraction of sp³-hybridized carbons (Fsp3) is 0. The number of para-hydroxylation sites is 2. The highest BCUT2D eigenvalue weighted by Gasteiger charge is 2.22. The van der Waals surface area contributed by atoms with Crippen LogP contribution in [0.2, 0.25) is 0 Å². The lowest BCUT2D eigenvalue weighted by Gasteiger charge is -2.11. The summed E-state index contributed by atoms with van der Waals surface area (Å²) in [5, 5.41) is 9.92. The van der Waals surface area contributed by atoms with Gasteiger partial charge in [0.05, 0.1) is 33.5 Å². The molecule has 0 saturated heterocycles. The van der Waals surface area contributed by atoms with Gasteiger partial charge in [-0.25, -0.2) is 9.97 Å². The second kappa shape index (κ2) is 12.2. The number of rotatable bonds is 4. The van der Waals surface area contributed by atoms with E-state index < -0.39 is 0 Å². The number of pyridine rings is 2. The number of nitrogens with zero attached hydrogens (tertiary/aromatic N) is 4. The fourth-order valence-corrected chi connectivity index (χ4v) is 11.4. The molecular formula is C52H30N4S2. The van der Waals surface area contributed by atoms with Crippen molar-refractivity contribution in [3.05, 3.63) is 182 Å². The molecule has 0 fully saturated rings. The van der Waals surface area contributed by atoms with E-state index >= 15 is 0 Å². The molecule has 270 valence electrons. The van der Waals surface area contributed by atoms with Crippen LogP contribution in [-0.4, -0.2) is 19.1 Å². The molecule has 4 nitrogen and oxygen atoms in total. The lowest BCUT2D eigenvalue weighted by Crippen LogP contribution is -2.00. The SMILES string of the molecule is c1cc(-c2ccc3c(c2)sc2ccccc23)nc(-n2c3ccccc3c3c2ccc2c4ccccc4n(-c4cccc(-c5ccc6sc7ccccc7c6c5)n4)c23)c1. The zero-order valence-electron chi connectivity index (χ0n) is 30.9. The third-order valence-electron chi connectivity index (χ3n) is 11.7. The molecule has 0 saturated carbocycles. The molecule has 13 rings (SSSR count). The second-order valence-electron chi connectivity index (χ2n) is 14.9. The maximum Gasteiger partial charge on any atom is 0.138 e. The molecule has 0 aliphatic carbocycles. The van der Waals surface area contributed by atoms with Crippen LogP contribution in [0.5, 0.6) is 0 Å². The molecule has 6 aromatic heterocycles. The smallest absolute Gasteiger partial charge is 0.138 e. The lowest BCUT2D eigenvalue weighted by atomic mass is 10.1. The molecule has 0 spiro atoms. The summed E-state index contributed by atoms with van der Waals surface area (Å²) in [6.07, 6.45) is 0. The summed E-state index contributed by atoms with van der Waals surface area (Å²) in [7, 11) is 0. The van der Waals surface area contributed by atoms with Crippen LogP contribution in [-0.2, 0) is 0 Å². The molecule has 13 aromatic rings. The van der Waals surface area contributed by atoms with E-state index in [9.17, 15) is 0 Å². The van der Waals surface area contributed by atoms with Gasteiger partial charge in [-0.1, -0.05) is 109 Å². The second-order valence-corrected chi connectivity index (χ2v) is 17.1. The highest BCUT2D eigenvalue weighted by molar-refractivity contribution is 7.26. The summed E-state index contributed by atoms with van der Waals surface area (Å²) >= 11 is 3.68. The van der Waals surface area contributed by atoms with Crippen molar-refractivity contribution in [2.24, 2.45) is 0 Å². The van der Waals surface area contributed by atoms with Crippen LogP contribution in [0.3, 0.4) is 0 Å². The van der Waals surface area contributed by atoms with Crippen LogP contribution >= 0.6 is 22.7 Å². The van der Waals surface area contributed by atoms with Gasteiger partial charge in [0.15, 0.2) is 0 Å². The van der Waals surface area contributed by atoms with E-state index in [0.29, 0.717) is 0 Å². The minimum atomic E-state index is 0.888. The standard InChI is InChI=1S/C52H30N4S2/c1-5-17-42-33(11-1)37-26-27-44-51(52(37)56(42)50-22-10-15-40(54-50)31-24-28-47-39(29-31)35-13-4-8-20-46(35)57-47)38-14-2-6-18-43(38)55(44)49-21-9-16-41(53-49)32-23-25-36-34-12-3-7-19-45(34)58-48(36)30-32/h1-30H. The van der Waals surface area contributed by atoms with Gasteiger partial charge in [0.2, 0.25) is 0 Å². The van der Waals surface area contributed by atoms with E-state index in [-0.39, 0.29) is 0 Å². The molecule has 58 heavy (non-hydrogen) atoms. The van der Waals surface area contributed by atoms with E-state index in [1.807, 2.05) is 22.7 Å². The summed E-state index contributed by atoms with van der Waals surface area (Å²) in [6, 6.07) is 65.6. The van der Waals surface area contributed by atoms with Crippen molar-refractivity contribution in [1.29, 1.82) is 0 Å². The van der Waals surface area contributed by atoms with Crippen molar-refractivity contribution in [2.75, 3.05) is 0 Å². The van der Waals surface area contributed by atoms with Crippen LogP contribution in [0.4, 0.5) is 0 Å². The van der Waals surface area contributed by atoms with Crippen molar-refractivity contribution in [1.82, 2.24) is 19.1 Å². The number of fused-ring (bicyclic) bond motifs is 13. The maximum absolute atomic E-state index is 5.44. The van der Waals surface area contributed by atoms with Gasteiger partial charge in [-0.15, -0.1) is 22.7 Å². The predicted molar refractivity (Wildman–Crippen MR) is 247 cm³/mol. The van der Waals surface area contributed by atoms with Gasteiger partial charge in [0.25, 0.3) is 0 Å².